The first-order valence-corrected chi connectivity index (χ1v) is 8.58. The van der Waals surface area contributed by atoms with Gasteiger partial charge in [-0.25, -0.2) is 0 Å². The Morgan fingerprint density at radius 3 is 3.20 bits per heavy atom. The van der Waals surface area contributed by atoms with E-state index < -0.39 is 0 Å². The van der Waals surface area contributed by atoms with E-state index >= 15 is 0 Å². The molecule has 3 rings (SSSR count). The first kappa shape index (κ1) is 14.0. The number of hydrogen-bond donors (Lipinski definition) is 2. The van der Waals surface area contributed by atoms with Crippen LogP contribution in [0.25, 0.3) is 0 Å². The van der Waals surface area contributed by atoms with Crippen LogP contribution in [0.2, 0.25) is 0 Å². The molecule has 1 heterocycles. The van der Waals surface area contributed by atoms with E-state index in [1.165, 1.54) is 16.7 Å². The van der Waals surface area contributed by atoms with E-state index in [1.54, 1.807) is 0 Å². The van der Waals surface area contributed by atoms with E-state index in [4.69, 9.17) is 0 Å². The maximum atomic E-state index is 12.2. The average Bonchev–Trinajstić information content (AvgIpc) is 2.84. The minimum atomic E-state index is 0.185. The maximum absolute atomic E-state index is 12.2. The quantitative estimate of drug-likeness (QED) is 0.896. The van der Waals surface area contributed by atoms with Gasteiger partial charge in [-0.3, -0.25) is 4.79 Å². The third-order valence-corrected chi connectivity index (χ3v) is 5.40. The fourth-order valence-corrected chi connectivity index (χ4v) is 4.16. The van der Waals surface area contributed by atoms with Crippen LogP contribution in [0.3, 0.4) is 0 Å². The minimum Gasteiger partial charge on any atom is -0.349 e. The highest BCUT2D eigenvalue weighted by atomic mass is 32.2. The lowest BCUT2D eigenvalue weighted by Crippen LogP contribution is -2.41. The molecule has 1 fully saturated rings. The van der Waals surface area contributed by atoms with Gasteiger partial charge in [0.05, 0.1) is 6.04 Å². The summed E-state index contributed by atoms with van der Waals surface area (Å²) in [5.74, 6) is 2.39. The van der Waals surface area contributed by atoms with E-state index in [0.29, 0.717) is 12.5 Å². The van der Waals surface area contributed by atoms with E-state index in [1.807, 2.05) is 11.8 Å². The molecule has 0 aromatic heterocycles. The highest BCUT2D eigenvalue weighted by molar-refractivity contribution is 7.99. The summed E-state index contributed by atoms with van der Waals surface area (Å²) in [5.41, 5.74) is 4.11. The lowest BCUT2D eigenvalue weighted by atomic mass is 10.0. The van der Waals surface area contributed by atoms with Crippen LogP contribution < -0.4 is 10.6 Å². The van der Waals surface area contributed by atoms with Crippen molar-refractivity contribution in [3.05, 3.63) is 34.9 Å². The van der Waals surface area contributed by atoms with Gasteiger partial charge in [-0.2, -0.15) is 11.8 Å². The lowest BCUT2D eigenvalue weighted by Gasteiger charge is -2.23. The molecule has 1 aliphatic heterocycles. The van der Waals surface area contributed by atoms with E-state index in [2.05, 4.69) is 35.8 Å². The van der Waals surface area contributed by atoms with Crippen LogP contribution >= 0.6 is 11.8 Å². The van der Waals surface area contributed by atoms with Crippen LogP contribution in [-0.2, 0) is 11.2 Å². The SMILES string of the molecule is Cc1cccc2c1CC[C@H]2NC(=O)C[C@H]1CSCCN1. The Morgan fingerprint density at radius 2 is 2.40 bits per heavy atom. The zero-order chi connectivity index (χ0) is 13.9. The maximum Gasteiger partial charge on any atom is 0.222 e. The number of benzene rings is 1. The summed E-state index contributed by atoms with van der Waals surface area (Å²) < 4.78 is 0. The van der Waals surface area contributed by atoms with Crippen molar-refractivity contribution in [2.24, 2.45) is 0 Å². The van der Waals surface area contributed by atoms with Crippen molar-refractivity contribution in [2.45, 2.75) is 38.3 Å². The van der Waals surface area contributed by atoms with Crippen molar-refractivity contribution in [3.63, 3.8) is 0 Å². The number of hydrogen-bond acceptors (Lipinski definition) is 3. The van der Waals surface area contributed by atoms with E-state index in [9.17, 15) is 4.79 Å². The largest absolute Gasteiger partial charge is 0.349 e. The van der Waals surface area contributed by atoms with Crippen LogP contribution in [0, 0.1) is 6.92 Å². The average molecular weight is 290 g/mol. The normalized spacial score (nSPS) is 25.2. The van der Waals surface area contributed by atoms with Crippen LogP contribution in [0.4, 0.5) is 0 Å². The molecule has 0 radical (unpaired) electrons. The van der Waals surface area contributed by atoms with Crippen molar-refractivity contribution < 1.29 is 4.79 Å². The number of aryl methyl sites for hydroxylation is 1. The zero-order valence-electron chi connectivity index (χ0n) is 11.9. The molecule has 2 atom stereocenters. The molecule has 20 heavy (non-hydrogen) atoms. The molecule has 0 bridgehead atoms. The Balaban J connectivity index is 1.59. The molecule has 0 unspecified atom stereocenters. The van der Waals surface area contributed by atoms with Gasteiger partial charge >= 0.3 is 0 Å². The van der Waals surface area contributed by atoms with Crippen LogP contribution in [0.5, 0.6) is 0 Å². The molecule has 0 saturated carbocycles. The molecule has 1 saturated heterocycles. The number of thioether (sulfide) groups is 1. The molecular weight excluding hydrogens is 268 g/mol. The predicted molar refractivity (Wildman–Crippen MR) is 84.1 cm³/mol. The van der Waals surface area contributed by atoms with Gasteiger partial charge in [0.1, 0.15) is 0 Å². The second-order valence-electron chi connectivity index (χ2n) is 5.73. The molecule has 1 aromatic rings. The Bertz CT molecular complexity index is 497. The summed E-state index contributed by atoms with van der Waals surface area (Å²) in [6, 6.07) is 6.97. The standard InChI is InChI=1S/C16H22N2OS/c1-11-3-2-4-14-13(11)5-6-15(14)18-16(19)9-12-10-20-8-7-17-12/h2-4,12,15,17H,5-10H2,1H3,(H,18,19)/t12-,15+/m0/s1. The van der Waals surface area contributed by atoms with Gasteiger partial charge in [0.15, 0.2) is 0 Å². The Kier molecular flexibility index (Phi) is 4.32. The first-order valence-electron chi connectivity index (χ1n) is 7.43. The summed E-state index contributed by atoms with van der Waals surface area (Å²) in [4.78, 5) is 12.2. The molecular formula is C16H22N2OS. The summed E-state index contributed by atoms with van der Waals surface area (Å²) in [7, 11) is 0. The van der Waals surface area contributed by atoms with Gasteiger partial charge in [-0.05, 0) is 36.5 Å². The lowest BCUT2D eigenvalue weighted by molar-refractivity contribution is -0.122. The smallest absolute Gasteiger partial charge is 0.222 e. The van der Waals surface area contributed by atoms with Gasteiger partial charge < -0.3 is 10.6 Å². The third kappa shape index (κ3) is 3.01. The molecule has 1 aliphatic carbocycles. The van der Waals surface area contributed by atoms with Crippen molar-refractivity contribution in [1.82, 2.24) is 10.6 Å². The molecule has 1 amide bonds. The fourth-order valence-electron chi connectivity index (χ4n) is 3.21. The number of amides is 1. The topological polar surface area (TPSA) is 41.1 Å². The van der Waals surface area contributed by atoms with Gasteiger partial charge in [0.25, 0.3) is 0 Å². The highest BCUT2D eigenvalue weighted by Gasteiger charge is 2.26. The zero-order valence-corrected chi connectivity index (χ0v) is 12.8. The third-order valence-electron chi connectivity index (χ3n) is 4.27. The van der Waals surface area contributed by atoms with E-state index in [-0.39, 0.29) is 11.9 Å². The van der Waals surface area contributed by atoms with E-state index in [0.717, 1.165) is 30.9 Å². The monoisotopic (exact) mass is 290 g/mol. The highest BCUT2D eigenvalue weighted by Crippen LogP contribution is 2.33. The van der Waals surface area contributed by atoms with Crippen molar-refractivity contribution in [2.75, 3.05) is 18.1 Å². The molecule has 0 spiro atoms. The van der Waals surface area contributed by atoms with Gasteiger partial charge in [-0.15, -0.1) is 0 Å². The van der Waals surface area contributed by atoms with Gasteiger partial charge in [0.2, 0.25) is 5.91 Å². The molecule has 2 N–H and O–H groups in total. The van der Waals surface area contributed by atoms with Crippen molar-refractivity contribution >= 4 is 17.7 Å². The number of rotatable bonds is 3. The Labute approximate surface area is 124 Å². The van der Waals surface area contributed by atoms with Crippen molar-refractivity contribution in [3.8, 4) is 0 Å². The summed E-state index contributed by atoms with van der Waals surface area (Å²) in [5, 5.41) is 6.64. The molecule has 108 valence electrons. The summed E-state index contributed by atoms with van der Waals surface area (Å²) in [6.07, 6.45) is 2.73. The van der Waals surface area contributed by atoms with Crippen molar-refractivity contribution in [1.29, 1.82) is 0 Å². The second-order valence-corrected chi connectivity index (χ2v) is 6.88. The molecule has 4 heteroatoms. The minimum absolute atomic E-state index is 0.185. The van der Waals surface area contributed by atoms with Crippen LogP contribution in [0.15, 0.2) is 18.2 Å². The summed E-state index contributed by atoms with van der Waals surface area (Å²) >= 11 is 1.94. The first-order chi connectivity index (χ1) is 9.74. The predicted octanol–water partition coefficient (Wildman–Crippen LogP) is 2.19. The summed E-state index contributed by atoms with van der Waals surface area (Å²) in [6.45, 7) is 3.18. The molecule has 3 nitrogen and oxygen atoms in total. The Morgan fingerprint density at radius 1 is 1.50 bits per heavy atom. The number of carbonyl (C=O) groups is 1. The number of fused-ring (bicyclic) bond motifs is 1. The van der Waals surface area contributed by atoms with Gasteiger partial charge in [0, 0.05) is 30.5 Å². The van der Waals surface area contributed by atoms with Crippen LogP contribution in [-0.4, -0.2) is 30.0 Å². The Hall–Kier alpha value is -1.000. The molecule has 1 aromatic carbocycles. The van der Waals surface area contributed by atoms with Crippen LogP contribution in [0.1, 0.15) is 35.6 Å². The van der Waals surface area contributed by atoms with Gasteiger partial charge in [-0.1, -0.05) is 18.2 Å². The number of carbonyl (C=O) groups excluding carboxylic acids is 1. The second kappa shape index (κ2) is 6.19. The number of nitrogens with one attached hydrogen (secondary N) is 2. The molecule has 2 aliphatic rings. The fraction of sp³-hybridized carbons (Fsp3) is 0.562.